The first-order chi connectivity index (χ1) is 13.5. The zero-order chi connectivity index (χ0) is 21.7. The fourth-order valence-corrected chi connectivity index (χ4v) is 5.68. The zero-order valence-corrected chi connectivity index (χ0v) is 16.9. The van der Waals surface area contributed by atoms with Crippen molar-refractivity contribution in [3.8, 4) is 0 Å². The quantitative estimate of drug-likeness (QED) is 0.309. The maximum absolute atomic E-state index is 13.3. The Morgan fingerprint density at radius 3 is 2.55 bits per heavy atom. The lowest BCUT2D eigenvalue weighted by Crippen LogP contribution is -2.61. The van der Waals surface area contributed by atoms with Crippen molar-refractivity contribution in [2.75, 3.05) is 7.11 Å². The number of piperidine rings is 1. The van der Waals surface area contributed by atoms with E-state index >= 15 is 0 Å². The summed E-state index contributed by atoms with van der Waals surface area (Å²) in [6, 6.07) is 3.64. The summed E-state index contributed by atoms with van der Waals surface area (Å²) in [5.74, 6) is -2.46. The number of esters is 1. The Morgan fingerprint density at radius 2 is 2.00 bits per heavy atom. The Labute approximate surface area is 167 Å². The van der Waals surface area contributed by atoms with E-state index in [2.05, 4.69) is 6.58 Å². The van der Waals surface area contributed by atoms with Crippen LogP contribution in [0.15, 0.2) is 53.0 Å². The molecule has 0 radical (unpaired) electrons. The molecule has 1 saturated heterocycles. The summed E-state index contributed by atoms with van der Waals surface area (Å²) in [5, 5.41) is 11.3. The maximum Gasteiger partial charge on any atom is 0.335 e. The molecule has 0 saturated carbocycles. The largest absolute Gasteiger partial charge is 0.466 e. The lowest BCUT2D eigenvalue weighted by molar-refractivity contribution is -0.387. The van der Waals surface area contributed by atoms with E-state index in [1.165, 1.54) is 18.2 Å². The Bertz CT molecular complexity index is 1080. The van der Waals surface area contributed by atoms with Gasteiger partial charge in [-0.15, -0.1) is 0 Å². The van der Waals surface area contributed by atoms with Crippen molar-refractivity contribution in [3.05, 3.63) is 58.2 Å². The Hall–Kier alpha value is -3.01. The molecule has 1 fully saturated rings. The van der Waals surface area contributed by atoms with E-state index in [1.54, 1.807) is 13.8 Å². The van der Waals surface area contributed by atoms with Gasteiger partial charge in [0.05, 0.1) is 29.6 Å². The molecule has 1 amide bonds. The van der Waals surface area contributed by atoms with E-state index < -0.39 is 54.8 Å². The number of amides is 1. The molecule has 2 bridgehead atoms. The molecular formula is C19H20N2O7S. The number of benzene rings is 1. The fourth-order valence-electron chi connectivity index (χ4n) is 3.94. The van der Waals surface area contributed by atoms with Crippen molar-refractivity contribution in [2.45, 2.75) is 31.2 Å². The van der Waals surface area contributed by atoms with Crippen molar-refractivity contribution in [2.24, 2.45) is 11.3 Å². The van der Waals surface area contributed by atoms with Crippen LogP contribution in [0.4, 0.5) is 5.69 Å². The first-order valence-electron chi connectivity index (χ1n) is 8.74. The highest BCUT2D eigenvalue weighted by Crippen LogP contribution is 2.52. The summed E-state index contributed by atoms with van der Waals surface area (Å²) >= 11 is 0. The van der Waals surface area contributed by atoms with Crippen LogP contribution < -0.4 is 0 Å². The van der Waals surface area contributed by atoms with Gasteiger partial charge >= 0.3 is 5.97 Å². The van der Waals surface area contributed by atoms with Crippen molar-refractivity contribution in [3.63, 3.8) is 0 Å². The van der Waals surface area contributed by atoms with E-state index in [1.807, 2.05) is 0 Å². The van der Waals surface area contributed by atoms with Crippen molar-refractivity contribution >= 4 is 27.6 Å². The van der Waals surface area contributed by atoms with Gasteiger partial charge in [0.2, 0.25) is 5.91 Å². The SMILES string of the molecule is C=C(C)[C@]1(C)C[C@@H]2C(C(=O)OC)=C[C@H]1C(=O)N2S(=O)(=O)c1ccccc1[N+](=O)[O-]. The second kappa shape index (κ2) is 6.80. The first-order valence-corrected chi connectivity index (χ1v) is 10.2. The van der Waals surface area contributed by atoms with Crippen LogP contribution in [0.2, 0.25) is 0 Å². The molecule has 154 valence electrons. The van der Waals surface area contributed by atoms with Crippen LogP contribution in [0.3, 0.4) is 0 Å². The first kappa shape index (κ1) is 20.7. The van der Waals surface area contributed by atoms with Crippen LogP contribution in [0.5, 0.6) is 0 Å². The van der Waals surface area contributed by atoms with E-state index in [9.17, 15) is 28.1 Å². The van der Waals surface area contributed by atoms with E-state index in [0.717, 1.165) is 19.2 Å². The molecule has 9 nitrogen and oxygen atoms in total. The molecule has 1 aliphatic carbocycles. The summed E-state index contributed by atoms with van der Waals surface area (Å²) in [5.41, 5.74) is -0.691. The smallest absolute Gasteiger partial charge is 0.335 e. The number of allylic oxidation sites excluding steroid dienone is 1. The highest BCUT2D eigenvalue weighted by atomic mass is 32.2. The second-order valence-corrected chi connectivity index (χ2v) is 9.16. The zero-order valence-electron chi connectivity index (χ0n) is 16.1. The minimum atomic E-state index is -4.60. The monoisotopic (exact) mass is 420 g/mol. The molecule has 3 aliphatic rings. The van der Waals surface area contributed by atoms with Crippen LogP contribution in [-0.2, 0) is 24.3 Å². The number of hydrogen-bond acceptors (Lipinski definition) is 7. The third-order valence-corrected chi connectivity index (χ3v) is 7.62. The summed E-state index contributed by atoms with van der Waals surface area (Å²) in [4.78, 5) is 35.4. The molecule has 4 rings (SSSR count). The van der Waals surface area contributed by atoms with Crippen molar-refractivity contribution < 1.29 is 27.7 Å². The molecule has 2 heterocycles. The van der Waals surface area contributed by atoms with Gasteiger partial charge in [0.25, 0.3) is 15.7 Å². The summed E-state index contributed by atoms with van der Waals surface area (Å²) in [6.07, 6.45) is 1.56. The molecular weight excluding hydrogens is 400 g/mol. The number of methoxy groups -OCH3 is 1. The topological polar surface area (TPSA) is 124 Å². The number of para-hydroxylation sites is 1. The highest BCUT2D eigenvalue weighted by molar-refractivity contribution is 7.89. The van der Waals surface area contributed by atoms with Crippen LogP contribution in [0.1, 0.15) is 20.3 Å². The van der Waals surface area contributed by atoms with Gasteiger partial charge < -0.3 is 4.74 Å². The Morgan fingerprint density at radius 1 is 1.38 bits per heavy atom. The van der Waals surface area contributed by atoms with E-state index in [0.29, 0.717) is 9.88 Å². The van der Waals surface area contributed by atoms with E-state index in [-0.39, 0.29) is 12.0 Å². The molecule has 1 aromatic carbocycles. The number of nitrogens with zero attached hydrogens (tertiary/aromatic N) is 2. The highest BCUT2D eigenvalue weighted by Gasteiger charge is 2.58. The van der Waals surface area contributed by atoms with E-state index in [4.69, 9.17) is 4.74 Å². The molecule has 0 spiro atoms. The van der Waals surface area contributed by atoms with Gasteiger partial charge in [0.15, 0.2) is 4.90 Å². The molecule has 0 aromatic heterocycles. The summed E-state index contributed by atoms with van der Waals surface area (Å²) < 4.78 is 32.1. The number of nitro benzene ring substituents is 1. The molecule has 0 N–H and O–H groups in total. The number of ether oxygens (including phenoxy) is 1. The van der Waals surface area contributed by atoms with Gasteiger partial charge in [0, 0.05) is 11.5 Å². The second-order valence-electron chi connectivity index (χ2n) is 7.37. The molecule has 10 heteroatoms. The average molecular weight is 420 g/mol. The number of rotatable bonds is 5. The van der Waals surface area contributed by atoms with Crippen LogP contribution in [0.25, 0.3) is 0 Å². The molecule has 1 aromatic rings. The van der Waals surface area contributed by atoms with Gasteiger partial charge in [0.1, 0.15) is 0 Å². The number of carbonyl (C=O) groups excluding carboxylic acids is 2. The Balaban J connectivity index is 2.21. The predicted octanol–water partition coefficient (Wildman–Crippen LogP) is 2.20. The molecule has 2 aliphatic heterocycles. The minimum Gasteiger partial charge on any atom is -0.466 e. The summed E-state index contributed by atoms with van der Waals surface area (Å²) in [7, 11) is -3.45. The summed E-state index contributed by atoms with van der Waals surface area (Å²) in [6.45, 7) is 7.44. The predicted molar refractivity (Wildman–Crippen MR) is 102 cm³/mol. The van der Waals surface area contributed by atoms with Gasteiger partial charge in [-0.25, -0.2) is 17.5 Å². The van der Waals surface area contributed by atoms with Crippen LogP contribution in [0, 0.1) is 21.4 Å². The third-order valence-electron chi connectivity index (χ3n) is 5.77. The van der Waals surface area contributed by atoms with Crippen molar-refractivity contribution in [1.29, 1.82) is 0 Å². The fraction of sp³-hybridized carbons (Fsp3) is 0.368. The number of sulfonamides is 1. The molecule has 29 heavy (non-hydrogen) atoms. The van der Waals surface area contributed by atoms with Gasteiger partial charge in [-0.05, 0) is 19.4 Å². The number of carbonyl (C=O) groups is 2. The number of nitro groups is 1. The Kier molecular flexibility index (Phi) is 4.86. The lowest BCUT2D eigenvalue weighted by Gasteiger charge is -2.52. The normalized spacial score (nSPS) is 26.1. The van der Waals surface area contributed by atoms with Gasteiger partial charge in [-0.3, -0.25) is 14.9 Å². The third kappa shape index (κ3) is 2.94. The number of hydrogen-bond donors (Lipinski definition) is 0. The minimum absolute atomic E-state index is 0.0398. The molecule has 0 unspecified atom stereocenters. The van der Waals surface area contributed by atoms with Gasteiger partial charge in [-0.1, -0.05) is 37.3 Å². The maximum atomic E-state index is 13.3. The number of fused-ring (bicyclic) bond motifs is 2. The van der Waals surface area contributed by atoms with Crippen molar-refractivity contribution in [1.82, 2.24) is 4.31 Å². The molecule has 3 atom stereocenters. The van der Waals surface area contributed by atoms with Crippen LogP contribution >= 0.6 is 0 Å². The lowest BCUT2D eigenvalue weighted by atomic mass is 9.61. The standard InChI is InChI=1S/C19H20N2O7S/c1-11(2)19(3)10-15-12(18(23)28-4)9-13(19)17(22)20(15)29(26,27)16-8-6-5-7-14(16)21(24)25/h5-9,13,15H,1,10H2,2-4H3/t13-,15+,19-/m0/s1. The van der Waals surface area contributed by atoms with Gasteiger partial charge in [-0.2, -0.15) is 0 Å². The van der Waals surface area contributed by atoms with Crippen LogP contribution in [-0.4, -0.2) is 42.7 Å². The average Bonchev–Trinajstić information content (AvgIpc) is 2.67.